The highest BCUT2D eigenvalue weighted by molar-refractivity contribution is 5.15. The van der Waals surface area contributed by atoms with Crippen molar-refractivity contribution in [1.29, 1.82) is 0 Å². The molecule has 0 radical (unpaired) electrons. The van der Waals surface area contributed by atoms with Crippen LogP contribution in [-0.2, 0) is 6.42 Å². The van der Waals surface area contributed by atoms with Crippen molar-refractivity contribution in [3.8, 4) is 0 Å². The van der Waals surface area contributed by atoms with Gasteiger partial charge in [0.2, 0.25) is 0 Å². The molecular formula is C14H19F2N. The molecule has 1 aliphatic heterocycles. The molecular weight excluding hydrogens is 220 g/mol. The first-order valence-electron chi connectivity index (χ1n) is 6.31. The molecule has 0 amide bonds. The summed E-state index contributed by atoms with van der Waals surface area (Å²) in [6.07, 6.45) is 1.94. The molecule has 0 aromatic heterocycles. The molecule has 1 atom stereocenters. The van der Waals surface area contributed by atoms with Crippen molar-refractivity contribution < 1.29 is 8.78 Å². The van der Waals surface area contributed by atoms with E-state index in [1.54, 1.807) is 0 Å². The topological polar surface area (TPSA) is 12.0 Å². The Balaban J connectivity index is 1.88. The van der Waals surface area contributed by atoms with Gasteiger partial charge >= 0.3 is 0 Å². The van der Waals surface area contributed by atoms with E-state index >= 15 is 0 Å². The monoisotopic (exact) mass is 239 g/mol. The molecule has 1 nitrogen and oxygen atoms in total. The Morgan fingerprint density at radius 3 is 2.65 bits per heavy atom. The van der Waals surface area contributed by atoms with E-state index < -0.39 is 11.8 Å². The van der Waals surface area contributed by atoms with Gasteiger partial charge in [0.15, 0.2) is 0 Å². The number of nitrogens with one attached hydrogen (secondary N) is 1. The van der Waals surface area contributed by atoms with Crippen LogP contribution in [0.25, 0.3) is 0 Å². The minimum absolute atomic E-state index is 0.0383. The van der Waals surface area contributed by atoms with Gasteiger partial charge in [0.1, 0.15) is 0 Å². The third kappa shape index (κ3) is 3.50. The van der Waals surface area contributed by atoms with Gasteiger partial charge in [-0.3, -0.25) is 0 Å². The number of alkyl halides is 2. The van der Waals surface area contributed by atoms with E-state index in [4.69, 9.17) is 0 Å². The van der Waals surface area contributed by atoms with E-state index in [0.717, 1.165) is 18.5 Å². The first-order chi connectivity index (χ1) is 8.18. The number of hydrogen-bond acceptors (Lipinski definition) is 1. The molecule has 1 N–H and O–H groups in total. The van der Waals surface area contributed by atoms with Crippen molar-refractivity contribution in [2.45, 2.75) is 31.6 Å². The molecule has 1 aromatic carbocycles. The first kappa shape index (κ1) is 12.5. The smallest absolute Gasteiger partial charge is 0.252 e. The number of rotatable bonds is 4. The van der Waals surface area contributed by atoms with Crippen LogP contribution in [0.3, 0.4) is 0 Å². The normalized spacial score (nSPS) is 21.4. The maximum absolute atomic E-state index is 14.0. The molecule has 0 bridgehead atoms. The second-order valence-corrected chi connectivity index (χ2v) is 4.79. The zero-order valence-electron chi connectivity index (χ0n) is 9.96. The molecule has 0 saturated carbocycles. The number of benzene rings is 1. The van der Waals surface area contributed by atoms with Crippen molar-refractivity contribution >= 4 is 0 Å². The summed E-state index contributed by atoms with van der Waals surface area (Å²) in [5.74, 6) is -3.02. The number of hydrogen-bond donors (Lipinski definition) is 1. The van der Waals surface area contributed by atoms with Crippen LogP contribution in [0.1, 0.15) is 24.8 Å². The minimum atomic E-state index is -2.54. The van der Waals surface area contributed by atoms with Crippen LogP contribution in [0.5, 0.6) is 0 Å². The Morgan fingerprint density at radius 2 is 2.00 bits per heavy atom. The van der Waals surface area contributed by atoms with Gasteiger partial charge in [-0.05, 0) is 31.4 Å². The number of aryl methyl sites for hydroxylation is 1. The van der Waals surface area contributed by atoms with Gasteiger partial charge in [-0.15, -0.1) is 0 Å². The molecule has 2 rings (SSSR count). The third-order valence-corrected chi connectivity index (χ3v) is 3.48. The molecule has 1 heterocycles. The average molecular weight is 239 g/mol. The lowest BCUT2D eigenvalue weighted by Gasteiger charge is -2.30. The molecule has 1 unspecified atom stereocenters. The van der Waals surface area contributed by atoms with Crippen LogP contribution in [-0.4, -0.2) is 19.0 Å². The number of piperidine rings is 1. The zero-order chi connectivity index (χ0) is 12.1. The lowest BCUT2D eigenvalue weighted by atomic mass is 9.89. The summed E-state index contributed by atoms with van der Waals surface area (Å²) < 4.78 is 27.9. The third-order valence-electron chi connectivity index (χ3n) is 3.48. The molecule has 1 fully saturated rings. The van der Waals surface area contributed by atoms with Crippen LogP contribution in [0.15, 0.2) is 30.3 Å². The van der Waals surface area contributed by atoms with Crippen molar-refractivity contribution in [2.75, 3.05) is 13.1 Å². The molecule has 94 valence electrons. The summed E-state index contributed by atoms with van der Waals surface area (Å²) in [5, 5.41) is 3.06. The molecule has 3 heteroatoms. The fraction of sp³-hybridized carbons (Fsp3) is 0.571. The van der Waals surface area contributed by atoms with Crippen molar-refractivity contribution in [1.82, 2.24) is 5.32 Å². The Hall–Kier alpha value is -0.960. The van der Waals surface area contributed by atoms with E-state index in [0.29, 0.717) is 19.4 Å². The predicted octanol–water partition coefficient (Wildman–Crippen LogP) is 3.25. The van der Waals surface area contributed by atoms with Gasteiger partial charge in [0.05, 0.1) is 0 Å². The van der Waals surface area contributed by atoms with Gasteiger partial charge in [-0.25, -0.2) is 8.78 Å². The van der Waals surface area contributed by atoms with Crippen LogP contribution in [0.4, 0.5) is 8.78 Å². The highest BCUT2D eigenvalue weighted by Crippen LogP contribution is 2.33. The van der Waals surface area contributed by atoms with Crippen LogP contribution >= 0.6 is 0 Å². The fourth-order valence-electron chi connectivity index (χ4n) is 2.37. The summed E-state index contributed by atoms with van der Waals surface area (Å²) in [6, 6.07) is 9.53. The Morgan fingerprint density at radius 1 is 1.24 bits per heavy atom. The lowest BCUT2D eigenvalue weighted by molar-refractivity contribution is -0.0718. The molecule has 0 spiro atoms. The average Bonchev–Trinajstić information content (AvgIpc) is 2.39. The van der Waals surface area contributed by atoms with E-state index in [9.17, 15) is 8.78 Å². The van der Waals surface area contributed by atoms with E-state index in [-0.39, 0.29) is 6.42 Å². The standard InChI is InChI=1S/C14H19F2N/c15-14(16,13-7-4-10-17-11-13)9-8-12-5-2-1-3-6-12/h1-3,5-6,13,17H,4,7-11H2. The van der Waals surface area contributed by atoms with E-state index in [1.165, 1.54) is 0 Å². The van der Waals surface area contributed by atoms with Crippen molar-refractivity contribution in [2.24, 2.45) is 5.92 Å². The molecule has 1 aliphatic rings. The van der Waals surface area contributed by atoms with Crippen molar-refractivity contribution in [3.63, 3.8) is 0 Å². The SMILES string of the molecule is FC(F)(CCc1ccccc1)C1CCCNC1. The molecule has 0 aliphatic carbocycles. The van der Waals surface area contributed by atoms with Crippen LogP contribution in [0.2, 0.25) is 0 Å². The van der Waals surface area contributed by atoms with E-state index in [2.05, 4.69) is 5.32 Å². The maximum Gasteiger partial charge on any atom is 0.252 e. The van der Waals surface area contributed by atoms with Gasteiger partial charge in [-0.2, -0.15) is 0 Å². The molecule has 17 heavy (non-hydrogen) atoms. The number of halogens is 2. The highest BCUT2D eigenvalue weighted by atomic mass is 19.3. The highest BCUT2D eigenvalue weighted by Gasteiger charge is 2.39. The lowest BCUT2D eigenvalue weighted by Crippen LogP contribution is -2.41. The van der Waals surface area contributed by atoms with Gasteiger partial charge in [-0.1, -0.05) is 30.3 Å². The fourth-order valence-corrected chi connectivity index (χ4v) is 2.37. The van der Waals surface area contributed by atoms with Gasteiger partial charge in [0, 0.05) is 18.9 Å². The second-order valence-electron chi connectivity index (χ2n) is 4.79. The minimum Gasteiger partial charge on any atom is -0.316 e. The summed E-state index contributed by atoms with van der Waals surface area (Å²) in [5.41, 5.74) is 0.996. The summed E-state index contributed by atoms with van der Waals surface area (Å²) in [6.45, 7) is 1.34. The van der Waals surface area contributed by atoms with Crippen LogP contribution in [0, 0.1) is 5.92 Å². The Labute approximate surface area is 101 Å². The van der Waals surface area contributed by atoms with Gasteiger partial charge < -0.3 is 5.32 Å². The van der Waals surface area contributed by atoms with E-state index in [1.807, 2.05) is 30.3 Å². The van der Waals surface area contributed by atoms with Gasteiger partial charge in [0.25, 0.3) is 5.92 Å². The Bertz CT molecular complexity index is 331. The first-order valence-corrected chi connectivity index (χ1v) is 6.31. The largest absolute Gasteiger partial charge is 0.316 e. The summed E-state index contributed by atoms with van der Waals surface area (Å²) >= 11 is 0. The molecule has 1 saturated heterocycles. The quantitative estimate of drug-likeness (QED) is 0.850. The second kappa shape index (κ2) is 5.58. The van der Waals surface area contributed by atoms with Crippen LogP contribution < -0.4 is 5.32 Å². The molecule has 1 aromatic rings. The predicted molar refractivity (Wildman–Crippen MR) is 65.3 cm³/mol. The maximum atomic E-state index is 14.0. The Kier molecular flexibility index (Phi) is 4.11. The summed E-state index contributed by atoms with van der Waals surface area (Å²) in [4.78, 5) is 0. The summed E-state index contributed by atoms with van der Waals surface area (Å²) in [7, 11) is 0. The zero-order valence-corrected chi connectivity index (χ0v) is 9.96. The van der Waals surface area contributed by atoms with Crippen molar-refractivity contribution in [3.05, 3.63) is 35.9 Å².